The number of aryl methyl sites for hydroxylation is 1. The molecule has 16 heavy (non-hydrogen) atoms. The Labute approximate surface area is 95.9 Å². The number of hydrogen-bond acceptors (Lipinski definition) is 3. The summed E-state index contributed by atoms with van der Waals surface area (Å²) in [6.07, 6.45) is 1.63. The molecule has 2 atom stereocenters. The topological polar surface area (TPSA) is 72.2 Å². The largest absolute Gasteiger partial charge is 0.326 e. The van der Waals surface area contributed by atoms with Gasteiger partial charge in [-0.15, -0.1) is 0 Å². The number of sulfonamides is 1. The highest BCUT2D eigenvalue weighted by molar-refractivity contribution is 7.89. The van der Waals surface area contributed by atoms with Crippen molar-refractivity contribution < 1.29 is 8.42 Å². The maximum Gasteiger partial charge on any atom is 0.240 e. The zero-order valence-corrected chi connectivity index (χ0v) is 10.00. The summed E-state index contributed by atoms with van der Waals surface area (Å²) in [6, 6.07) is 6.83. The first kappa shape index (κ1) is 11.6. The third-order valence-corrected chi connectivity index (χ3v) is 4.29. The summed E-state index contributed by atoms with van der Waals surface area (Å²) in [5.74, 6) is 0. The molecule has 5 heteroatoms. The van der Waals surface area contributed by atoms with Gasteiger partial charge in [-0.3, -0.25) is 0 Å². The second-order valence-electron chi connectivity index (χ2n) is 4.12. The lowest BCUT2D eigenvalue weighted by Gasteiger charge is -2.06. The second-order valence-corrected chi connectivity index (χ2v) is 5.84. The van der Waals surface area contributed by atoms with E-state index in [2.05, 4.69) is 4.72 Å². The third-order valence-electron chi connectivity index (χ3n) is 2.79. The van der Waals surface area contributed by atoms with Crippen LogP contribution in [0.3, 0.4) is 0 Å². The summed E-state index contributed by atoms with van der Waals surface area (Å²) in [4.78, 5) is 0.309. The molecule has 1 aromatic rings. The molecule has 1 aromatic carbocycles. The SMILES string of the molecule is CCc1ccc(S(=O)(=O)NC2CC2N)cc1. The fourth-order valence-electron chi connectivity index (χ4n) is 1.52. The molecule has 4 nitrogen and oxygen atoms in total. The quantitative estimate of drug-likeness (QED) is 0.810. The van der Waals surface area contributed by atoms with Gasteiger partial charge < -0.3 is 5.73 Å². The van der Waals surface area contributed by atoms with Crippen LogP contribution in [0.2, 0.25) is 0 Å². The summed E-state index contributed by atoms with van der Waals surface area (Å²) >= 11 is 0. The van der Waals surface area contributed by atoms with Crippen molar-refractivity contribution in [2.24, 2.45) is 5.73 Å². The normalized spacial score (nSPS) is 24.4. The Morgan fingerprint density at radius 1 is 1.38 bits per heavy atom. The molecule has 1 saturated carbocycles. The highest BCUT2D eigenvalue weighted by Gasteiger charge is 2.37. The zero-order valence-electron chi connectivity index (χ0n) is 9.18. The Morgan fingerprint density at radius 3 is 2.38 bits per heavy atom. The first-order valence-electron chi connectivity index (χ1n) is 5.40. The lowest BCUT2D eigenvalue weighted by Crippen LogP contribution is -2.29. The fourth-order valence-corrected chi connectivity index (χ4v) is 2.82. The smallest absolute Gasteiger partial charge is 0.240 e. The number of hydrogen-bond donors (Lipinski definition) is 2. The number of nitrogens with two attached hydrogens (primary N) is 1. The summed E-state index contributed by atoms with van der Waals surface area (Å²) in [7, 11) is -3.38. The molecule has 1 fully saturated rings. The molecule has 0 heterocycles. The molecule has 0 amide bonds. The van der Waals surface area contributed by atoms with Crippen molar-refractivity contribution in [3.63, 3.8) is 0 Å². The van der Waals surface area contributed by atoms with Gasteiger partial charge in [0.25, 0.3) is 0 Å². The molecule has 88 valence electrons. The first-order chi connectivity index (χ1) is 7.53. The van der Waals surface area contributed by atoms with Gasteiger partial charge in [0.05, 0.1) is 4.90 Å². The maximum absolute atomic E-state index is 11.9. The summed E-state index contributed by atoms with van der Waals surface area (Å²) in [5.41, 5.74) is 6.70. The van der Waals surface area contributed by atoms with Crippen molar-refractivity contribution in [2.75, 3.05) is 0 Å². The van der Waals surface area contributed by atoms with Gasteiger partial charge in [-0.1, -0.05) is 19.1 Å². The highest BCUT2D eigenvalue weighted by atomic mass is 32.2. The molecule has 0 saturated heterocycles. The number of nitrogens with one attached hydrogen (secondary N) is 1. The predicted molar refractivity (Wildman–Crippen MR) is 62.5 cm³/mol. The van der Waals surface area contributed by atoms with Gasteiger partial charge in [0, 0.05) is 12.1 Å². The van der Waals surface area contributed by atoms with E-state index in [1.807, 2.05) is 19.1 Å². The van der Waals surface area contributed by atoms with E-state index in [-0.39, 0.29) is 12.1 Å². The van der Waals surface area contributed by atoms with Gasteiger partial charge in [-0.2, -0.15) is 0 Å². The average molecular weight is 240 g/mol. The molecule has 0 spiro atoms. The van der Waals surface area contributed by atoms with E-state index in [4.69, 9.17) is 5.73 Å². The van der Waals surface area contributed by atoms with Crippen LogP contribution in [0, 0.1) is 0 Å². The fraction of sp³-hybridized carbons (Fsp3) is 0.455. The van der Waals surface area contributed by atoms with Gasteiger partial charge in [-0.05, 0) is 30.5 Å². The lowest BCUT2D eigenvalue weighted by molar-refractivity contribution is 0.580. The summed E-state index contributed by atoms with van der Waals surface area (Å²) in [6.45, 7) is 2.03. The van der Waals surface area contributed by atoms with Crippen LogP contribution in [-0.4, -0.2) is 20.5 Å². The van der Waals surface area contributed by atoms with E-state index in [0.717, 1.165) is 18.4 Å². The number of rotatable bonds is 4. The van der Waals surface area contributed by atoms with Gasteiger partial charge in [0.1, 0.15) is 0 Å². The predicted octanol–water partition coefficient (Wildman–Crippen LogP) is 0.627. The maximum atomic E-state index is 11.9. The molecule has 1 aliphatic rings. The molecule has 0 aromatic heterocycles. The monoisotopic (exact) mass is 240 g/mol. The van der Waals surface area contributed by atoms with Crippen molar-refractivity contribution in [1.29, 1.82) is 0 Å². The van der Waals surface area contributed by atoms with E-state index in [9.17, 15) is 8.42 Å². The van der Waals surface area contributed by atoms with Crippen LogP contribution in [0.15, 0.2) is 29.2 Å². The molecule has 0 aliphatic heterocycles. The minimum atomic E-state index is -3.38. The Kier molecular flexibility index (Phi) is 3.01. The minimum Gasteiger partial charge on any atom is -0.326 e. The van der Waals surface area contributed by atoms with Crippen molar-refractivity contribution in [3.05, 3.63) is 29.8 Å². The van der Waals surface area contributed by atoms with Crippen LogP contribution in [0.4, 0.5) is 0 Å². The summed E-state index contributed by atoms with van der Waals surface area (Å²) < 4.78 is 26.3. The van der Waals surface area contributed by atoms with Gasteiger partial charge >= 0.3 is 0 Å². The van der Waals surface area contributed by atoms with Crippen LogP contribution in [-0.2, 0) is 16.4 Å². The van der Waals surface area contributed by atoms with Crippen LogP contribution in [0.25, 0.3) is 0 Å². The van der Waals surface area contributed by atoms with E-state index in [0.29, 0.717) is 4.90 Å². The number of benzene rings is 1. The van der Waals surface area contributed by atoms with Gasteiger partial charge in [0.15, 0.2) is 0 Å². The minimum absolute atomic E-state index is 0.0234. The van der Waals surface area contributed by atoms with E-state index in [1.165, 1.54) is 0 Å². The van der Waals surface area contributed by atoms with Crippen molar-refractivity contribution >= 4 is 10.0 Å². The molecule has 0 bridgehead atoms. The van der Waals surface area contributed by atoms with Crippen LogP contribution >= 0.6 is 0 Å². The standard InChI is InChI=1S/C11H16N2O2S/c1-2-8-3-5-9(6-4-8)16(14,15)13-11-7-10(11)12/h3-6,10-11,13H,2,7,12H2,1H3. The zero-order chi connectivity index (χ0) is 11.8. The van der Waals surface area contributed by atoms with Gasteiger partial charge in [0.2, 0.25) is 10.0 Å². The Balaban J connectivity index is 2.15. The van der Waals surface area contributed by atoms with E-state index in [1.54, 1.807) is 12.1 Å². The molecule has 2 rings (SSSR count). The van der Waals surface area contributed by atoms with Crippen LogP contribution in [0.5, 0.6) is 0 Å². The van der Waals surface area contributed by atoms with Gasteiger partial charge in [-0.25, -0.2) is 13.1 Å². The Hall–Kier alpha value is -0.910. The van der Waals surface area contributed by atoms with Crippen LogP contribution in [0.1, 0.15) is 18.9 Å². The third kappa shape index (κ3) is 2.42. The van der Waals surface area contributed by atoms with Crippen molar-refractivity contribution in [2.45, 2.75) is 36.7 Å². The summed E-state index contributed by atoms with van der Waals surface area (Å²) in [5, 5.41) is 0. The van der Waals surface area contributed by atoms with Crippen molar-refractivity contribution in [3.8, 4) is 0 Å². The first-order valence-corrected chi connectivity index (χ1v) is 6.88. The molecule has 2 unspecified atom stereocenters. The molecular formula is C11H16N2O2S. The van der Waals surface area contributed by atoms with E-state index < -0.39 is 10.0 Å². The molecule has 3 N–H and O–H groups in total. The second kappa shape index (κ2) is 4.16. The molecular weight excluding hydrogens is 224 g/mol. The molecule has 0 radical (unpaired) electrons. The van der Waals surface area contributed by atoms with E-state index >= 15 is 0 Å². The molecule has 1 aliphatic carbocycles. The van der Waals surface area contributed by atoms with Crippen molar-refractivity contribution in [1.82, 2.24) is 4.72 Å². The highest BCUT2D eigenvalue weighted by Crippen LogP contribution is 2.21. The van der Waals surface area contributed by atoms with Crippen LogP contribution < -0.4 is 10.5 Å². The Morgan fingerprint density at radius 2 is 1.94 bits per heavy atom. The average Bonchev–Trinajstić information content (AvgIpc) is 2.93. The Bertz CT molecular complexity index is 467. The lowest BCUT2D eigenvalue weighted by atomic mass is 10.2.